The van der Waals surface area contributed by atoms with Gasteiger partial charge in [0.05, 0.1) is 18.1 Å². The van der Waals surface area contributed by atoms with Gasteiger partial charge in [-0.05, 0) is 42.3 Å². The third kappa shape index (κ3) is 3.69. The van der Waals surface area contributed by atoms with E-state index in [1.165, 1.54) is 0 Å². The zero-order valence-corrected chi connectivity index (χ0v) is 12.6. The van der Waals surface area contributed by atoms with E-state index in [2.05, 4.69) is 27.3 Å². The number of carbonyl (C=O) groups is 1. The molecule has 0 aliphatic heterocycles. The monoisotopic (exact) mass is 328 g/mol. The Balaban J connectivity index is 2.08. The molecular weight excluding hydrogens is 316 g/mol. The van der Waals surface area contributed by atoms with Crippen LogP contribution in [-0.4, -0.2) is 5.91 Å². The van der Waals surface area contributed by atoms with E-state index >= 15 is 0 Å². The highest BCUT2D eigenvalue weighted by Crippen LogP contribution is 2.17. The van der Waals surface area contributed by atoms with Gasteiger partial charge in [-0.25, -0.2) is 0 Å². The van der Waals surface area contributed by atoms with E-state index in [0.717, 1.165) is 15.6 Å². The van der Waals surface area contributed by atoms with Crippen LogP contribution in [0.4, 0.5) is 5.69 Å². The van der Waals surface area contributed by atoms with Gasteiger partial charge in [0.1, 0.15) is 0 Å². The van der Waals surface area contributed by atoms with Crippen LogP contribution in [-0.2, 0) is 11.2 Å². The summed E-state index contributed by atoms with van der Waals surface area (Å²) in [6, 6.07) is 14.9. The molecule has 0 radical (unpaired) electrons. The largest absolute Gasteiger partial charge is 0.326 e. The van der Waals surface area contributed by atoms with Crippen molar-refractivity contribution in [1.29, 1.82) is 5.26 Å². The Labute approximate surface area is 126 Å². The summed E-state index contributed by atoms with van der Waals surface area (Å²) in [5.41, 5.74) is 3.11. The Hall–Kier alpha value is -2.12. The number of nitriles is 1. The maximum atomic E-state index is 12.0. The van der Waals surface area contributed by atoms with Gasteiger partial charge in [0.15, 0.2) is 0 Å². The van der Waals surface area contributed by atoms with Crippen molar-refractivity contribution in [2.75, 3.05) is 5.32 Å². The van der Waals surface area contributed by atoms with E-state index in [1.54, 1.807) is 12.1 Å². The predicted molar refractivity (Wildman–Crippen MR) is 82.4 cm³/mol. The molecule has 2 aromatic carbocycles. The van der Waals surface area contributed by atoms with Gasteiger partial charge >= 0.3 is 0 Å². The fourth-order valence-electron chi connectivity index (χ4n) is 1.81. The molecule has 0 saturated heterocycles. The first-order valence-corrected chi connectivity index (χ1v) is 6.93. The highest BCUT2D eigenvalue weighted by atomic mass is 79.9. The number of halogens is 1. The average Bonchev–Trinajstić information content (AvgIpc) is 2.44. The number of nitrogens with one attached hydrogen (secondary N) is 1. The topological polar surface area (TPSA) is 52.9 Å². The van der Waals surface area contributed by atoms with Crippen LogP contribution in [0.15, 0.2) is 46.9 Å². The van der Waals surface area contributed by atoms with E-state index in [0.29, 0.717) is 17.7 Å². The lowest BCUT2D eigenvalue weighted by atomic mass is 10.1. The highest BCUT2D eigenvalue weighted by Gasteiger charge is 2.07. The van der Waals surface area contributed by atoms with Crippen LogP contribution in [0.3, 0.4) is 0 Å². The lowest BCUT2D eigenvalue weighted by Gasteiger charge is -2.09. The summed E-state index contributed by atoms with van der Waals surface area (Å²) in [5, 5.41) is 11.7. The van der Waals surface area contributed by atoms with Gasteiger partial charge in [0.2, 0.25) is 5.91 Å². The molecule has 2 aromatic rings. The Morgan fingerprint density at radius 2 is 1.95 bits per heavy atom. The summed E-state index contributed by atoms with van der Waals surface area (Å²) in [7, 11) is 0. The second-order valence-corrected chi connectivity index (χ2v) is 5.41. The molecule has 4 heteroatoms. The van der Waals surface area contributed by atoms with Crippen LogP contribution in [0.1, 0.15) is 16.7 Å². The van der Waals surface area contributed by atoms with Crippen LogP contribution >= 0.6 is 15.9 Å². The Bertz CT molecular complexity index is 672. The number of hydrogen-bond acceptors (Lipinski definition) is 2. The van der Waals surface area contributed by atoms with Crippen molar-refractivity contribution in [3.8, 4) is 6.07 Å². The van der Waals surface area contributed by atoms with Crippen molar-refractivity contribution in [3.63, 3.8) is 0 Å². The van der Waals surface area contributed by atoms with E-state index in [1.807, 2.05) is 37.3 Å². The van der Waals surface area contributed by atoms with Gasteiger partial charge in [-0.15, -0.1) is 0 Å². The first-order valence-electron chi connectivity index (χ1n) is 6.13. The Kier molecular flexibility index (Phi) is 4.54. The lowest BCUT2D eigenvalue weighted by Crippen LogP contribution is -2.15. The van der Waals surface area contributed by atoms with Crippen molar-refractivity contribution in [1.82, 2.24) is 0 Å². The van der Waals surface area contributed by atoms with Crippen molar-refractivity contribution >= 4 is 27.5 Å². The fraction of sp³-hybridized carbons (Fsp3) is 0.125. The normalized spacial score (nSPS) is 9.85. The molecule has 0 aromatic heterocycles. The summed E-state index contributed by atoms with van der Waals surface area (Å²) in [6.45, 7) is 1.90. The Morgan fingerprint density at radius 3 is 2.60 bits per heavy atom. The summed E-state index contributed by atoms with van der Waals surface area (Å²) in [6.07, 6.45) is 0.309. The van der Waals surface area contributed by atoms with E-state index in [9.17, 15) is 4.79 Å². The average molecular weight is 329 g/mol. The maximum Gasteiger partial charge on any atom is 0.228 e. The number of hydrogen-bond donors (Lipinski definition) is 1. The smallest absolute Gasteiger partial charge is 0.228 e. The molecule has 0 atom stereocenters. The quantitative estimate of drug-likeness (QED) is 0.931. The molecule has 20 heavy (non-hydrogen) atoms. The van der Waals surface area contributed by atoms with Gasteiger partial charge in [0.25, 0.3) is 0 Å². The van der Waals surface area contributed by atoms with E-state index in [-0.39, 0.29) is 5.91 Å². The minimum Gasteiger partial charge on any atom is -0.326 e. The first-order chi connectivity index (χ1) is 9.58. The minimum absolute atomic E-state index is 0.0921. The zero-order valence-electron chi connectivity index (χ0n) is 11.0. The number of benzene rings is 2. The van der Waals surface area contributed by atoms with Crippen molar-refractivity contribution in [2.24, 2.45) is 0 Å². The number of amides is 1. The fourth-order valence-corrected chi connectivity index (χ4v) is 2.07. The van der Waals surface area contributed by atoms with Crippen molar-refractivity contribution in [3.05, 3.63) is 63.6 Å². The number of rotatable bonds is 3. The number of aryl methyl sites for hydroxylation is 1. The molecule has 0 spiro atoms. The van der Waals surface area contributed by atoms with Gasteiger partial charge < -0.3 is 5.32 Å². The maximum absolute atomic E-state index is 12.0. The SMILES string of the molecule is Cc1ccc(C#N)cc1NC(=O)Cc1ccc(Br)cc1. The van der Waals surface area contributed by atoms with Crippen LogP contribution in [0, 0.1) is 18.3 Å². The van der Waals surface area contributed by atoms with Gasteiger partial charge in [-0.2, -0.15) is 5.26 Å². The lowest BCUT2D eigenvalue weighted by molar-refractivity contribution is -0.115. The molecule has 100 valence electrons. The van der Waals surface area contributed by atoms with E-state index < -0.39 is 0 Å². The second-order valence-electron chi connectivity index (χ2n) is 4.49. The molecule has 1 N–H and O–H groups in total. The van der Waals surface area contributed by atoms with Crippen LogP contribution in [0.2, 0.25) is 0 Å². The Morgan fingerprint density at radius 1 is 1.25 bits per heavy atom. The van der Waals surface area contributed by atoms with Crippen LogP contribution < -0.4 is 5.32 Å². The molecular formula is C16H13BrN2O. The second kappa shape index (κ2) is 6.36. The molecule has 0 bridgehead atoms. The molecule has 0 saturated carbocycles. The highest BCUT2D eigenvalue weighted by molar-refractivity contribution is 9.10. The molecule has 2 rings (SSSR count). The van der Waals surface area contributed by atoms with Crippen LogP contribution in [0.25, 0.3) is 0 Å². The molecule has 0 aliphatic rings. The molecule has 0 aliphatic carbocycles. The summed E-state index contributed by atoms with van der Waals surface area (Å²) in [4.78, 5) is 12.0. The van der Waals surface area contributed by atoms with Crippen LogP contribution in [0.5, 0.6) is 0 Å². The van der Waals surface area contributed by atoms with Gasteiger partial charge in [-0.1, -0.05) is 34.1 Å². The number of anilines is 1. The summed E-state index contributed by atoms with van der Waals surface area (Å²) >= 11 is 3.36. The molecule has 0 heterocycles. The van der Waals surface area contributed by atoms with Crippen molar-refractivity contribution in [2.45, 2.75) is 13.3 Å². The summed E-state index contributed by atoms with van der Waals surface area (Å²) < 4.78 is 0.985. The molecule has 1 amide bonds. The number of nitrogens with zero attached hydrogens (tertiary/aromatic N) is 1. The van der Waals surface area contributed by atoms with Gasteiger partial charge in [0, 0.05) is 10.2 Å². The third-order valence-corrected chi connectivity index (χ3v) is 3.45. The zero-order chi connectivity index (χ0) is 14.5. The summed E-state index contributed by atoms with van der Waals surface area (Å²) in [5.74, 6) is -0.0921. The van der Waals surface area contributed by atoms with E-state index in [4.69, 9.17) is 5.26 Å². The minimum atomic E-state index is -0.0921. The molecule has 0 unspecified atom stereocenters. The standard InChI is InChI=1S/C16H13BrN2O/c1-11-2-3-13(10-18)8-15(11)19-16(20)9-12-4-6-14(17)7-5-12/h2-8H,9H2,1H3,(H,19,20). The molecule has 3 nitrogen and oxygen atoms in total. The molecule has 0 fully saturated rings. The van der Waals surface area contributed by atoms with Gasteiger partial charge in [-0.3, -0.25) is 4.79 Å². The predicted octanol–water partition coefficient (Wildman–Crippen LogP) is 3.81. The first kappa shape index (κ1) is 14.3. The number of carbonyl (C=O) groups excluding carboxylic acids is 1. The van der Waals surface area contributed by atoms with Crippen molar-refractivity contribution < 1.29 is 4.79 Å². The third-order valence-electron chi connectivity index (χ3n) is 2.92.